The van der Waals surface area contributed by atoms with Crippen LogP contribution in [0.3, 0.4) is 0 Å². The Labute approximate surface area is 155 Å². The number of anilines is 1. The molecule has 0 bridgehead atoms. The van der Waals surface area contributed by atoms with E-state index in [1.54, 1.807) is 13.3 Å². The van der Waals surface area contributed by atoms with Gasteiger partial charge >= 0.3 is 5.97 Å². The number of methoxy groups -OCH3 is 1. The highest BCUT2D eigenvalue weighted by molar-refractivity contribution is 8.15. The summed E-state index contributed by atoms with van der Waals surface area (Å²) in [5, 5.41) is 18.9. The number of carboxylic acid groups (broad SMARTS) is 1. The topological polar surface area (TPSA) is 104 Å². The molecule has 3 rings (SSSR count). The highest BCUT2D eigenvalue weighted by Gasteiger charge is 2.32. The summed E-state index contributed by atoms with van der Waals surface area (Å²) in [6.07, 6.45) is 3.71. The zero-order valence-corrected chi connectivity index (χ0v) is 15.2. The molecule has 9 heteroatoms. The van der Waals surface area contributed by atoms with Crippen molar-refractivity contribution in [3.63, 3.8) is 0 Å². The fourth-order valence-corrected chi connectivity index (χ4v) is 3.80. The van der Waals surface area contributed by atoms with E-state index in [9.17, 15) is 9.59 Å². The second kappa shape index (κ2) is 8.22. The summed E-state index contributed by atoms with van der Waals surface area (Å²) >= 11 is 1.07. The van der Waals surface area contributed by atoms with Crippen molar-refractivity contribution in [2.75, 3.05) is 25.1 Å². The van der Waals surface area contributed by atoms with E-state index in [0.29, 0.717) is 5.17 Å². The molecule has 2 N–H and O–H groups in total. The first-order valence-corrected chi connectivity index (χ1v) is 9.18. The first kappa shape index (κ1) is 18.2. The average molecular weight is 376 g/mol. The summed E-state index contributed by atoms with van der Waals surface area (Å²) in [6, 6.07) is 5.84. The molecule has 8 nitrogen and oxygen atoms in total. The molecule has 1 atom stereocenters. The van der Waals surface area contributed by atoms with Crippen LogP contribution in [-0.2, 0) is 9.59 Å². The Kier molecular flexibility index (Phi) is 5.77. The van der Waals surface area contributed by atoms with E-state index < -0.39 is 11.2 Å². The minimum atomic E-state index is -1.02. The van der Waals surface area contributed by atoms with Gasteiger partial charge < -0.3 is 20.1 Å². The van der Waals surface area contributed by atoms with E-state index in [-0.39, 0.29) is 12.3 Å². The molecule has 0 spiro atoms. The van der Waals surface area contributed by atoms with Crippen LogP contribution in [0.5, 0.6) is 5.75 Å². The van der Waals surface area contributed by atoms with Crippen molar-refractivity contribution in [2.45, 2.75) is 24.5 Å². The minimum absolute atomic E-state index is 0.242. The zero-order valence-electron chi connectivity index (χ0n) is 14.3. The fraction of sp³-hybridized carbons (Fsp3) is 0.412. The Bertz CT molecular complexity index is 759. The lowest BCUT2D eigenvalue weighted by Crippen LogP contribution is -2.26. The van der Waals surface area contributed by atoms with Crippen LogP contribution < -0.4 is 15.0 Å². The quantitative estimate of drug-likeness (QED) is 0.578. The Morgan fingerprint density at radius 1 is 1.46 bits per heavy atom. The van der Waals surface area contributed by atoms with Gasteiger partial charge in [0, 0.05) is 13.1 Å². The summed E-state index contributed by atoms with van der Waals surface area (Å²) < 4.78 is 5.49. The third kappa shape index (κ3) is 4.34. The molecular weight excluding hydrogens is 356 g/mol. The lowest BCUT2D eigenvalue weighted by Gasteiger charge is -2.20. The van der Waals surface area contributed by atoms with Crippen molar-refractivity contribution in [2.24, 2.45) is 10.2 Å². The number of hydrogen-bond donors (Lipinski definition) is 2. The van der Waals surface area contributed by atoms with E-state index in [0.717, 1.165) is 41.9 Å². The van der Waals surface area contributed by atoms with Crippen molar-refractivity contribution in [1.82, 2.24) is 5.32 Å². The molecule has 138 valence electrons. The zero-order chi connectivity index (χ0) is 18.5. The monoisotopic (exact) mass is 376 g/mol. The molecule has 2 aliphatic rings. The van der Waals surface area contributed by atoms with E-state index in [4.69, 9.17) is 9.84 Å². The van der Waals surface area contributed by atoms with Crippen LogP contribution in [-0.4, -0.2) is 53.8 Å². The van der Waals surface area contributed by atoms with Crippen molar-refractivity contribution in [3.8, 4) is 5.75 Å². The molecule has 26 heavy (non-hydrogen) atoms. The highest BCUT2D eigenvalue weighted by Crippen LogP contribution is 2.31. The number of nitrogens with zero attached hydrogens (tertiary/aromatic N) is 3. The van der Waals surface area contributed by atoms with E-state index in [1.165, 1.54) is 12.8 Å². The number of benzene rings is 1. The summed E-state index contributed by atoms with van der Waals surface area (Å²) in [4.78, 5) is 24.7. The molecule has 2 heterocycles. The maximum atomic E-state index is 11.7. The van der Waals surface area contributed by atoms with Crippen LogP contribution in [0.25, 0.3) is 0 Å². The number of carbonyl (C=O) groups excluding carboxylic acids is 1. The molecule has 0 radical (unpaired) electrons. The molecule has 1 amide bonds. The predicted molar refractivity (Wildman–Crippen MR) is 101 cm³/mol. The van der Waals surface area contributed by atoms with Crippen LogP contribution in [0.2, 0.25) is 0 Å². The Hall–Kier alpha value is -2.55. The van der Waals surface area contributed by atoms with Gasteiger partial charge in [-0.2, -0.15) is 5.10 Å². The normalized spacial score (nSPS) is 21.6. The van der Waals surface area contributed by atoms with Gasteiger partial charge in [0.1, 0.15) is 11.0 Å². The van der Waals surface area contributed by atoms with Crippen LogP contribution in [0.1, 0.15) is 24.8 Å². The van der Waals surface area contributed by atoms with Gasteiger partial charge in [0.25, 0.3) is 0 Å². The average Bonchev–Trinajstić information content (AvgIpc) is 3.25. The van der Waals surface area contributed by atoms with Gasteiger partial charge in [-0.15, -0.1) is 5.10 Å². The standard InChI is InChI=1S/C17H20N4O4S/c1-25-13-8-11(4-5-12(13)21-6-2-3-7-21)10-18-20-17-19-16(24)14(26-17)9-15(22)23/h4-5,8,10,14H,2-3,6-7,9H2,1H3,(H,22,23)(H,19,20,24). The third-order valence-corrected chi connectivity index (χ3v) is 5.21. The third-order valence-electron chi connectivity index (χ3n) is 4.14. The second-order valence-corrected chi connectivity index (χ2v) is 7.16. The molecule has 0 aromatic heterocycles. The van der Waals surface area contributed by atoms with Gasteiger partial charge in [0.15, 0.2) is 5.17 Å². The van der Waals surface area contributed by atoms with E-state index in [1.807, 2.05) is 18.2 Å². The lowest BCUT2D eigenvalue weighted by molar-refractivity contribution is -0.138. The maximum Gasteiger partial charge on any atom is 0.305 e. The van der Waals surface area contributed by atoms with Crippen LogP contribution in [0, 0.1) is 0 Å². The first-order valence-electron chi connectivity index (χ1n) is 8.30. The second-order valence-electron chi connectivity index (χ2n) is 5.97. The first-order chi connectivity index (χ1) is 12.6. The molecule has 0 saturated carbocycles. The summed E-state index contributed by atoms with van der Waals surface area (Å²) in [7, 11) is 1.64. The van der Waals surface area contributed by atoms with Crippen LogP contribution in [0.4, 0.5) is 5.69 Å². The number of carboxylic acids is 1. The van der Waals surface area contributed by atoms with Crippen molar-refractivity contribution in [3.05, 3.63) is 23.8 Å². The Morgan fingerprint density at radius 3 is 2.92 bits per heavy atom. The van der Waals surface area contributed by atoms with Crippen molar-refractivity contribution < 1.29 is 19.4 Å². The van der Waals surface area contributed by atoms with Crippen LogP contribution in [0.15, 0.2) is 28.4 Å². The van der Waals surface area contributed by atoms with Gasteiger partial charge in [-0.1, -0.05) is 17.8 Å². The highest BCUT2D eigenvalue weighted by atomic mass is 32.2. The number of thioether (sulfide) groups is 1. The number of aliphatic carboxylic acids is 1. The number of amides is 1. The number of hydrogen-bond acceptors (Lipinski definition) is 7. The number of rotatable bonds is 6. The number of amidine groups is 1. The predicted octanol–water partition coefficient (Wildman–Crippen LogP) is 1.69. The maximum absolute atomic E-state index is 11.7. The molecule has 2 fully saturated rings. The molecular formula is C17H20N4O4S. The summed E-state index contributed by atoms with van der Waals surface area (Å²) in [5.41, 5.74) is 1.90. The van der Waals surface area contributed by atoms with Gasteiger partial charge in [-0.05, 0) is 30.5 Å². The minimum Gasteiger partial charge on any atom is -0.495 e. The largest absolute Gasteiger partial charge is 0.495 e. The summed E-state index contributed by atoms with van der Waals surface area (Å²) in [6.45, 7) is 2.07. The van der Waals surface area contributed by atoms with Crippen molar-refractivity contribution in [1.29, 1.82) is 0 Å². The molecule has 0 aliphatic carbocycles. The van der Waals surface area contributed by atoms with Crippen LogP contribution >= 0.6 is 11.8 Å². The molecule has 1 aromatic carbocycles. The van der Waals surface area contributed by atoms with Gasteiger partial charge in [-0.3, -0.25) is 9.59 Å². The smallest absolute Gasteiger partial charge is 0.305 e. The molecule has 1 unspecified atom stereocenters. The lowest BCUT2D eigenvalue weighted by atomic mass is 10.2. The number of nitrogens with one attached hydrogen (secondary N) is 1. The molecule has 2 saturated heterocycles. The number of carbonyl (C=O) groups is 2. The summed E-state index contributed by atoms with van der Waals surface area (Å²) in [5.74, 6) is -0.593. The Morgan fingerprint density at radius 2 is 2.23 bits per heavy atom. The fourth-order valence-electron chi connectivity index (χ4n) is 2.89. The Balaban J connectivity index is 1.67. The van der Waals surface area contributed by atoms with Crippen molar-refractivity contribution >= 4 is 40.7 Å². The van der Waals surface area contributed by atoms with E-state index in [2.05, 4.69) is 20.4 Å². The van der Waals surface area contributed by atoms with Gasteiger partial charge in [-0.25, -0.2) is 0 Å². The molecule has 1 aromatic rings. The SMILES string of the molecule is COc1cc(C=NN=C2NC(=O)C(CC(=O)O)S2)ccc1N1CCCC1. The van der Waals surface area contributed by atoms with E-state index >= 15 is 0 Å². The van der Waals surface area contributed by atoms with Gasteiger partial charge in [0.2, 0.25) is 5.91 Å². The number of ether oxygens (including phenoxy) is 1. The molecule has 2 aliphatic heterocycles. The van der Waals surface area contributed by atoms with Gasteiger partial charge in [0.05, 0.1) is 25.4 Å².